The summed E-state index contributed by atoms with van der Waals surface area (Å²) >= 11 is 0. The van der Waals surface area contributed by atoms with Crippen molar-refractivity contribution < 1.29 is 9.84 Å². The van der Waals surface area contributed by atoms with Crippen LogP contribution < -0.4 is 4.74 Å². The van der Waals surface area contributed by atoms with Gasteiger partial charge in [-0.2, -0.15) is 0 Å². The standard InChI is InChI=1S/C12H16O2/c1-14-12-8-6-11(7-9-12)5-3-2-4-10-13/h2-3,6-9,13H,4-5,10H2,1H3/b3-2-. The third-order valence-corrected chi connectivity index (χ3v) is 1.98. The number of aliphatic hydroxyl groups is 1. The van der Waals surface area contributed by atoms with E-state index in [0.29, 0.717) is 0 Å². The van der Waals surface area contributed by atoms with Crippen molar-refractivity contribution in [1.29, 1.82) is 0 Å². The highest BCUT2D eigenvalue weighted by molar-refractivity contribution is 5.28. The molecule has 0 aliphatic heterocycles. The normalized spacial score (nSPS) is 10.7. The number of aliphatic hydroxyl groups excluding tert-OH is 1. The summed E-state index contributed by atoms with van der Waals surface area (Å²) in [5, 5.41) is 8.56. The van der Waals surface area contributed by atoms with Crippen molar-refractivity contribution in [3.05, 3.63) is 42.0 Å². The third-order valence-electron chi connectivity index (χ3n) is 1.98. The summed E-state index contributed by atoms with van der Waals surface area (Å²) in [7, 11) is 1.66. The molecule has 1 aromatic rings. The number of ether oxygens (including phenoxy) is 1. The fourth-order valence-corrected chi connectivity index (χ4v) is 1.17. The van der Waals surface area contributed by atoms with E-state index in [4.69, 9.17) is 9.84 Å². The largest absolute Gasteiger partial charge is 0.497 e. The van der Waals surface area contributed by atoms with E-state index in [0.717, 1.165) is 18.6 Å². The van der Waals surface area contributed by atoms with Gasteiger partial charge in [-0.05, 0) is 30.5 Å². The van der Waals surface area contributed by atoms with E-state index in [2.05, 4.69) is 6.08 Å². The van der Waals surface area contributed by atoms with Crippen LogP contribution in [-0.4, -0.2) is 18.8 Å². The van der Waals surface area contributed by atoms with Crippen LogP contribution >= 0.6 is 0 Å². The second-order valence-electron chi connectivity index (χ2n) is 3.04. The van der Waals surface area contributed by atoms with Crippen molar-refractivity contribution in [2.75, 3.05) is 13.7 Å². The Morgan fingerprint density at radius 1 is 1.21 bits per heavy atom. The van der Waals surface area contributed by atoms with Crippen LogP contribution in [0.1, 0.15) is 12.0 Å². The van der Waals surface area contributed by atoms with Gasteiger partial charge in [0.1, 0.15) is 5.75 Å². The molecule has 0 aliphatic rings. The number of hydrogen-bond acceptors (Lipinski definition) is 2. The van der Waals surface area contributed by atoms with Gasteiger partial charge in [0, 0.05) is 6.61 Å². The fourth-order valence-electron chi connectivity index (χ4n) is 1.17. The molecule has 0 heterocycles. The molecule has 0 aromatic heterocycles. The maximum absolute atomic E-state index is 8.56. The lowest BCUT2D eigenvalue weighted by Crippen LogP contribution is -1.84. The molecular formula is C12H16O2. The highest BCUT2D eigenvalue weighted by atomic mass is 16.5. The smallest absolute Gasteiger partial charge is 0.118 e. The summed E-state index contributed by atoms with van der Waals surface area (Å²) in [6.07, 6.45) is 5.70. The first kappa shape index (κ1) is 10.8. The average molecular weight is 192 g/mol. The van der Waals surface area contributed by atoms with Gasteiger partial charge in [0.05, 0.1) is 7.11 Å². The second kappa shape index (κ2) is 6.22. The topological polar surface area (TPSA) is 29.5 Å². The van der Waals surface area contributed by atoms with Crippen molar-refractivity contribution >= 4 is 0 Å². The molecule has 0 saturated heterocycles. The molecule has 1 aromatic carbocycles. The highest BCUT2D eigenvalue weighted by Crippen LogP contribution is 2.11. The Morgan fingerprint density at radius 3 is 2.50 bits per heavy atom. The molecule has 1 rings (SSSR count). The summed E-state index contributed by atoms with van der Waals surface area (Å²) in [4.78, 5) is 0. The average Bonchev–Trinajstić information content (AvgIpc) is 2.25. The molecule has 76 valence electrons. The number of hydrogen-bond donors (Lipinski definition) is 1. The SMILES string of the molecule is COc1ccc(C/C=C\CCO)cc1. The summed E-state index contributed by atoms with van der Waals surface area (Å²) < 4.78 is 5.06. The number of methoxy groups -OCH3 is 1. The van der Waals surface area contributed by atoms with Crippen LogP contribution in [0.25, 0.3) is 0 Å². The monoisotopic (exact) mass is 192 g/mol. The molecule has 2 heteroatoms. The van der Waals surface area contributed by atoms with E-state index in [1.807, 2.05) is 30.3 Å². The summed E-state index contributed by atoms with van der Waals surface area (Å²) in [6.45, 7) is 0.221. The van der Waals surface area contributed by atoms with Crippen LogP contribution in [0.2, 0.25) is 0 Å². The van der Waals surface area contributed by atoms with Gasteiger partial charge in [0.2, 0.25) is 0 Å². The molecule has 2 nitrogen and oxygen atoms in total. The minimum absolute atomic E-state index is 0.221. The fraction of sp³-hybridized carbons (Fsp3) is 0.333. The van der Waals surface area contributed by atoms with Gasteiger partial charge in [0.25, 0.3) is 0 Å². The number of benzene rings is 1. The lowest BCUT2D eigenvalue weighted by atomic mass is 10.1. The van der Waals surface area contributed by atoms with E-state index < -0.39 is 0 Å². The molecule has 0 fully saturated rings. The first-order valence-corrected chi connectivity index (χ1v) is 4.75. The molecule has 0 spiro atoms. The van der Waals surface area contributed by atoms with Gasteiger partial charge >= 0.3 is 0 Å². The molecule has 0 amide bonds. The quantitative estimate of drug-likeness (QED) is 0.724. The minimum atomic E-state index is 0.221. The lowest BCUT2D eigenvalue weighted by molar-refractivity contribution is 0.302. The Bertz CT molecular complexity index is 275. The van der Waals surface area contributed by atoms with E-state index in [1.165, 1.54) is 5.56 Å². The van der Waals surface area contributed by atoms with Gasteiger partial charge in [0.15, 0.2) is 0 Å². The summed E-state index contributed by atoms with van der Waals surface area (Å²) in [5.74, 6) is 0.882. The lowest BCUT2D eigenvalue weighted by Gasteiger charge is -2.00. The van der Waals surface area contributed by atoms with Crippen molar-refractivity contribution in [3.63, 3.8) is 0 Å². The van der Waals surface area contributed by atoms with Crippen LogP contribution in [0.5, 0.6) is 5.75 Å². The Morgan fingerprint density at radius 2 is 1.93 bits per heavy atom. The van der Waals surface area contributed by atoms with Gasteiger partial charge in [-0.15, -0.1) is 0 Å². The van der Waals surface area contributed by atoms with Gasteiger partial charge in [-0.3, -0.25) is 0 Å². The zero-order valence-corrected chi connectivity index (χ0v) is 8.44. The van der Waals surface area contributed by atoms with Gasteiger partial charge in [-0.1, -0.05) is 24.3 Å². The van der Waals surface area contributed by atoms with Crippen molar-refractivity contribution in [2.45, 2.75) is 12.8 Å². The number of allylic oxidation sites excluding steroid dienone is 1. The highest BCUT2D eigenvalue weighted by Gasteiger charge is 1.91. The van der Waals surface area contributed by atoms with E-state index >= 15 is 0 Å². The predicted octanol–water partition coefficient (Wildman–Crippen LogP) is 2.18. The van der Waals surface area contributed by atoms with Gasteiger partial charge in [-0.25, -0.2) is 0 Å². The zero-order valence-electron chi connectivity index (χ0n) is 8.44. The van der Waals surface area contributed by atoms with Gasteiger partial charge < -0.3 is 9.84 Å². The molecule has 0 saturated carbocycles. The maximum atomic E-state index is 8.56. The van der Waals surface area contributed by atoms with Crippen LogP contribution in [0, 0.1) is 0 Å². The van der Waals surface area contributed by atoms with Crippen LogP contribution in [0.4, 0.5) is 0 Å². The Hall–Kier alpha value is -1.28. The Balaban J connectivity index is 2.43. The molecule has 0 bridgehead atoms. The second-order valence-corrected chi connectivity index (χ2v) is 3.04. The van der Waals surface area contributed by atoms with E-state index in [-0.39, 0.29) is 6.61 Å². The van der Waals surface area contributed by atoms with E-state index in [1.54, 1.807) is 7.11 Å². The third kappa shape index (κ3) is 3.62. The first-order chi connectivity index (χ1) is 6.86. The molecule has 14 heavy (non-hydrogen) atoms. The van der Waals surface area contributed by atoms with Crippen molar-refractivity contribution in [1.82, 2.24) is 0 Å². The molecule has 0 unspecified atom stereocenters. The molecule has 0 aliphatic carbocycles. The minimum Gasteiger partial charge on any atom is -0.497 e. The van der Waals surface area contributed by atoms with Crippen molar-refractivity contribution in [3.8, 4) is 5.75 Å². The summed E-state index contributed by atoms with van der Waals surface area (Å²) in [5.41, 5.74) is 1.25. The van der Waals surface area contributed by atoms with Crippen LogP contribution in [0.15, 0.2) is 36.4 Å². The van der Waals surface area contributed by atoms with Crippen LogP contribution in [-0.2, 0) is 6.42 Å². The van der Waals surface area contributed by atoms with Crippen LogP contribution in [0.3, 0.4) is 0 Å². The molecule has 0 atom stereocenters. The molecule has 0 radical (unpaired) electrons. The summed E-state index contributed by atoms with van der Waals surface area (Å²) in [6, 6.07) is 7.99. The van der Waals surface area contributed by atoms with Crippen molar-refractivity contribution in [2.24, 2.45) is 0 Å². The van der Waals surface area contributed by atoms with E-state index in [9.17, 15) is 0 Å². The Kier molecular flexibility index (Phi) is 4.79. The Labute approximate surface area is 84.8 Å². The zero-order chi connectivity index (χ0) is 10.2. The number of rotatable bonds is 5. The predicted molar refractivity (Wildman–Crippen MR) is 57.5 cm³/mol. The maximum Gasteiger partial charge on any atom is 0.118 e. The molecule has 1 N–H and O–H groups in total. The molecular weight excluding hydrogens is 176 g/mol. The first-order valence-electron chi connectivity index (χ1n) is 4.75.